The van der Waals surface area contributed by atoms with Crippen molar-refractivity contribution in [2.45, 2.75) is 0 Å². The summed E-state index contributed by atoms with van der Waals surface area (Å²) in [6.45, 7) is 0. The highest BCUT2D eigenvalue weighted by atomic mass is 15.1. The van der Waals surface area contributed by atoms with E-state index in [-0.39, 0.29) is 5.84 Å². The third-order valence-corrected chi connectivity index (χ3v) is 11.1. The molecular weight excluding hydrogens is 715 g/mol. The van der Waals surface area contributed by atoms with E-state index in [1.54, 1.807) is 0 Å². The Hall–Kier alpha value is -7.88. The van der Waals surface area contributed by atoms with Crippen molar-refractivity contribution in [3.8, 4) is 22.3 Å². The van der Waals surface area contributed by atoms with E-state index in [4.69, 9.17) is 4.99 Å². The van der Waals surface area contributed by atoms with E-state index >= 15 is 0 Å². The van der Waals surface area contributed by atoms with Crippen LogP contribution in [0.4, 0.5) is 17.1 Å². The SMILES string of the molecule is N=C(N=C(c1ccccc1)c1ccccc1)c1cc(N(c2ccc(-c3ccccc3)cc2)c2ccc(-c3ccccc3)cc2)cc2c3ccccc3c3ccccc3c12. The van der Waals surface area contributed by atoms with Crippen molar-refractivity contribution in [3.63, 3.8) is 0 Å². The van der Waals surface area contributed by atoms with Crippen molar-refractivity contribution < 1.29 is 0 Å². The van der Waals surface area contributed by atoms with Crippen molar-refractivity contribution in [2.24, 2.45) is 4.99 Å². The third-order valence-electron chi connectivity index (χ3n) is 11.1. The van der Waals surface area contributed by atoms with Gasteiger partial charge < -0.3 is 4.90 Å². The molecule has 0 bridgehead atoms. The zero-order valence-electron chi connectivity index (χ0n) is 32.3. The Bertz CT molecular complexity index is 3000. The molecule has 0 saturated carbocycles. The number of benzene rings is 10. The Balaban J connectivity index is 1.24. The minimum Gasteiger partial charge on any atom is -0.310 e. The second-order valence-corrected chi connectivity index (χ2v) is 14.7. The van der Waals surface area contributed by atoms with Gasteiger partial charge >= 0.3 is 0 Å². The molecule has 10 aromatic carbocycles. The van der Waals surface area contributed by atoms with Crippen molar-refractivity contribution >= 4 is 60.9 Å². The zero-order chi connectivity index (χ0) is 39.5. The highest BCUT2D eigenvalue weighted by molar-refractivity contribution is 6.31. The Morgan fingerprint density at radius 3 is 1.19 bits per heavy atom. The van der Waals surface area contributed by atoms with Gasteiger partial charge in [0.25, 0.3) is 0 Å². The molecule has 10 rings (SSSR count). The minimum atomic E-state index is 0.193. The summed E-state index contributed by atoms with van der Waals surface area (Å²) >= 11 is 0. The number of nitrogens with one attached hydrogen (secondary N) is 1. The van der Waals surface area contributed by atoms with Crippen LogP contribution in [-0.4, -0.2) is 11.5 Å². The Morgan fingerprint density at radius 2 is 0.712 bits per heavy atom. The van der Waals surface area contributed by atoms with Crippen LogP contribution in [0.25, 0.3) is 54.6 Å². The first-order valence-electron chi connectivity index (χ1n) is 20.0. The fraction of sp³-hybridized carbons (Fsp3) is 0. The maximum Gasteiger partial charge on any atom is 0.153 e. The summed E-state index contributed by atoms with van der Waals surface area (Å²) in [5.74, 6) is 0.193. The van der Waals surface area contributed by atoms with Gasteiger partial charge in [0.2, 0.25) is 0 Å². The molecule has 0 unspecified atom stereocenters. The molecule has 0 aliphatic rings. The molecule has 0 saturated heterocycles. The lowest BCUT2D eigenvalue weighted by molar-refractivity contribution is 1.28. The molecule has 0 fully saturated rings. The van der Waals surface area contributed by atoms with E-state index in [1.165, 1.54) is 16.5 Å². The smallest absolute Gasteiger partial charge is 0.153 e. The molecule has 278 valence electrons. The number of nitrogens with zero attached hydrogens (tertiary/aromatic N) is 2. The molecule has 59 heavy (non-hydrogen) atoms. The number of hydrogen-bond donors (Lipinski definition) is 1. The Morgan fingerprint density at radius 1 is 0.339 bits per heavy atom. The van der Waals surface area contributed by atoms with Crippen LogP contribution in [0, 0.1) is 5.41 Å². The number of anilines is 3. The lowest BCUT2D eigenvalue weighted by atomic mass is 9.90. The van der Waals surface area contributed by atoms with Gasteiger partial charge in [-0.3, -0.25) is 5.41 Å². The van der Waals surface area contributed by atoms with Crippen molar-refractivity contribution in [1.29, 1.82) is 5.41 Å². The molecule has 0 spiro atoms. The van der Waals surface area contributed by atoms with Crippen LogP contribution in [0.5, 0.6) is 0 Å². The first kappa shape index (κ1) is 35.5. The highest BCUT2D eigenvalue weighted by Gasteiger charge is 2.21. The van der Waals surface area contributed by atoms with Gasteiger partial charge in [-0.05, 0) is 85.6 Å². The second kappa shape index (κ2) is 15.6. The maximum absolute atomic E-state index is 10.0. The monoisotopic (exact) mass is 753 g/mol. The molecule has 1 N–H and O–H groups in total. The summed E-state index contributed by atoms with van der Waals surface area (Å²) < 4.78 is 0. The van der Waals surface area contributed by atoms with Crippen LogP contribution >= 0.6 is 0 Å². The van der Waals surface area contributed by atoms with Crippen LogP contribution in [0.15, 0.2) is 236 Å². The molecule has 0 radical (unpaired) electrons. The zero-order valence-corrected chi connectivity index (χ0v) is 32.3. The fourth-order valence-electron chi connectivity index (χ4n) is 8.31. The summed E-state index contributed by atoms with van der Waals surface area (Å²) in [7, 11) is 0. The van der Waals surface area contributed by atoms with Gasteiger partial charge in [0.1, 0.15) is 0 Å². The van der Waals surface area contributed by atoms with Crippen LogP contribution in [-0.2, 0) is 0 Å². The number of aliphatic imine (C=N–C) groups is 1. The van der Waals surface area contributed by atoms with Gasteiger partial charge in [-0.15, -0.1) is 0 Å². The van der Waals surface area contributed by atoms with Gasteiger partial charge in [-0.25, -0.2) is 4.99 Å². The van der Waals surface area contributed by atoms with Gasteiger partial charge in [0, 0.05) is 39.1 Å². The highest BCUT2D eigenvalue weighted by Crippen LogP contribution is 2.43. The van der Waals surface area contributed by atoms with Crippen molar-refractivity contribution in [2.75, 3.05) is 4.90 Å². The second-order valence-electron chi connectivity index (χ2n) is 14.7. The van der Waals surface area contributed by atoms with Crippen LogP contribution in [0.1, 0.15) is 16.7 Å². The summed E-state index contributed by atoms with van der Waals surface area (Å²) in [6.07, 6.45) is 0. The predicted molar refractivity (Wildman–Crippen MR) is 250 cm³/mol. The normalized spacial score (nSPS) is 11.1. The van der Waals surface area contributed by atoms with E-state index < -0.39 is 0 Å². The quantitative estimate of drug-likeness (QED) is 0.0937. The Kier molecular flexibility index (Phi) is 9.38. The standard InChI is InChI=1S/C56H39N3/c57-56(58-55(43-21-9-3-10-22-43)44-23-11-4-12-24-44)53-38-47(37-52-50-27-14-13-25-48(50)49-26-15-16-28-51(49)54(52)53)59(45-33-29-41(30-34-45)39-17-5-1-6-18-39)46-35-31-42(32-36-46)40-19-7-2-8-20-40/h1-38,57H. The lowest BCUT2D eigenvalue weighted by Crippen LogP contribution is -2.12. The van der Waals surface area contributed by atoms with Gasteiger partial charge in [0.15, 0.2) is 5.84 Å². The molecule has 10 aromatic rings. The van der Waals surface area contributed by atoms with E-state index in [9.17, 15) is 5.41 Å². The van der Waals surface area contributed by atoms with E-state index in [2.05, 4.69) is 187 Å². The average Bonchev–Trinajstić information content (AvgIpc) is 3.32. The average molecular weight is 754 g/mol. The van der Waals surface area contributed by atoms with Crippen molar-refractivity contribution in [1.82, 2.24) is 0 Å². The summed E-state index contributed by atoms with van der Waals surface area (Å²) in [4.78, 5) is 7.55. The van der Waals surface area contributed by atoms with Crippen LogP contribution < -0.4 is 4.90 Å². The topological polar surface area (TPSA) is 39.5 Å². The van der Waals surface area contributed by atoms with Gasteiger partial charge in [-0.1, -0.05) is 194 Å². The van der Waals surface area contributed by atoms with E-state index in [0.29, 0.717) is 0 Å². The predicted octanol–water partition coefficient (Wildman–Crippen LogP) is 14.8. The molecule has 3 nitrogen and oxygen atoms in total. The molecular formula is C56H39N3. The molecule has 0 aliphatic carbocycles. The molecule has 0 atom stereocenters. The summed E-state index contributed by atoms with van der Waals surface area (Å²) in [6, 6.07) is 80.6. The minimum absolute atomic E-state index is 0.193. The number of fused-ring (bicyclic) bond motifs is 6. The van der Waals surface area contributed by atoms with Crippen LogP contribution in [0.3, 0.4) is 0 Å². The summed E-state index contributed by atoms with van der Waals surface area (Å²) in [5, 5.41) is 16.6. The van der Waals surface area contributed by atoms with Gasteiger partial charge in [-0.2, -0.15) is 0 Å². The van der Waals surface area contributed by atoms with Crippen LogP contribution in [0.2, 0.25) is 0 Å². The molecule has 0 aliphatic heterocycles. The fourth-order valence-corrected chi connectivity index (χ4v) is 8.31. The third kappa shape index (κ3) is 6.85. The lowest BCUT2D eigenvalue weighted by Gasteiger charge is -2.27. The molecule has 0 amide bonds. The van der Waals surface area contributed by atoms with E-state index in [1.807, 2.05) is 48.5 Å². The maximum atomic E-state index is 10.0. The Labute approximate surface area is 344 Å². The van der Waals surface area contributed by atoms with E-state index in [0.717, 1.165) is 77.5 Å². The largest absolute Gasteiger partial charge is 0.310 e. The van der Waals surface area contributed by atoms with Gasteiger partial charge in [0.05, 0.1) is 5.71 Å². The first-order chi connectivity index (χ1) is 29.2. The number of rotatable bonds is 8. The molecule has 0 aromatic heterocycles. The number of hydrogen-bond acceptors (Lipinski definition) is 2. The molecule has 0 heterocycles. The van der Waals surface area contributed by atoms with Crippen molar-refractivity contribution in [3.05, 3.63) is 247 Å². The molecule has 3 heteroatoms. The first-order valence-corrected chi connectivity index (χ1v) is 20.0. The number of amidine groups is 1. The summed E-state index contributed by atoms with van der Waals surface area (Å²) in [5.41, 5.74) is 11.0.